The van der Waals surface area contributed by atoms with Crippen LogP contribution in [0.25, 0.3) is 10.9 Å². The highest BCUT2D eigenvalue weighted by Crippen LogP contribution is 2.26. The first-order chi connectivity index (χ1) is 12.4. The number of nitrogens with one attached hydrogen (secondary N) is 2. The number of hydrogen-bond donors (Lipinski definition) is 3. The molecule has 0 aliphatic heterocycles. The Kier molecular flexibility index (Phi) is 5.15. The maximum Gasteiger partial charge on any atom is 0.360 e. The second kappa shape index (κ2) is 7.35. The Morgan fingerprint density at radius 1 is 1.42 bits per heavy atom. The SMILES string of the molecule is CCOC(=O)c1nc(CNC(=O)c2c(C)[nH]c3ccc(Cl)cc23)sc1N. The fraction of sp³-hybridized carbons (Fsp3) is 0.235. The number of aryl methyl sites for hydroxylation is 1. The number of nitrogens with zero attached hydrogens (tertiary/aromatic N) is 1. The maximum absolute atomic E-state index is 12.6. The van der Waals surface area contributed by atoms with Crippen molar-refractivity contribution in [3.63, 3.8) is 0 Å². The van der Waals surface area contributed by atoms with Gasteiger partial charge in [-0.15, -0.1) is 0 Å². The standard InChI is InChI=1S/C17H17ClN4O3S/c1-3-25-17(24)14-15(19)26-12(22-14)7-20-16(23)13-8(2)21-11-5-4-9(18)6-10(11)13/h4-6,21H,3,7,19H2,1-2H3,(H,20,23). The summed E-state index contributed by atoms with van der Waals surface area (Å²) in [5.41, 5.74) is 7.99. The van der Waals surface area contributed by atoms with Crippen molar-refractivity contribution in [2.75, 3.05) is 12.3 Å². The van der Waals surface area contributed by atoms with Crippen LogP contribution in [-0.4, -0.2) is 28.5 Å². The number of carbonyl (C=O) groups is 2. The molecule has 1 aromatic carbocycles. The molecule has 0 saturated carbocycles. The van der Waals surface area contributed by atoms with Crippen molar-refractivity contribution in [3.05, 3.63) is 45.2 Å². The zero-order valence-corrected chi connectivity index (χ0v) is 15.8. The van der Waals surface area contributed by atoms with Gasteiger partial charge in [0.05, 0.1) is 18.7 Å². The molecule has 0 bridgehead atoms. The number of esters is 1. The number of nitrogen functional groups attached to an aromatic ring is 1. The van der Waals surface area contributed by atoms with Crippen LogP contribution in [0, 0.1) is 6.92 Å². The van der Waals surface area contributed by atoms with E-state index in [-0.39, 0.29) is 29.8 Å². The van der Waals surface area contributed by atoms with Crippen molar-refractivity contribution < 1.29 is 14.3 Å². The molecule has 0 fully saturated rings. The Balaban J connectivity index is 1.78. The largest absolute Gasteiger partial charge is 0.461 e. The van der Waals surface area contributed by atoms with Crippen LogP contribution in [0.4, 0.5) is 5.00 Å². The zero-order chi connectivity index (χ0) is 18.8. The van der Waals surface area contributed by atoms with Crippen LogP contribution in [0.1, 0.15) is 38.5 Å². The summed E-state index contributed by atoms with van der Waals surface area (Å²) in [7, 11) is 0. The molecule has 9 heteroatoms. The molecule has 3 aromatic rings. The summed E-state index contributed by atoms with van der Waals surface area (Å²) >= 11 is 7.18. The number of thiazole rings is 1. The van der Waals surface area contributed by atoms with Crippen molar-refractivity contribution in [2.24, 2.45) is 0 Å². The predicted molar refractivity (Wildman–Crippen MR) is 102 cm³/mol. The van der Waals surface area contributed by atoms with Crippen LogP contribution in [0.5, 0.6) is 0 Å². The molecule has 0 aliphatic carbocycles. The summed E-state index contributed by atoms with van der Waals surface area (Å²) in [4.78, 5) is 31.7. The normalized spacial score (nSPS) is 10.9. The first kappa shape index (κ1) is 18.2. The van der Waals surface area contributed by atoms with Gasteiger partial charge in [-0.1, -0.05) is 22.9 Å². The van der Waals surface area contributed by atoms with Crippen molar-refractivity contribution in [1.82, 2.24) is 15.3 Å². The molecule has 3 rings (SSSR count). The van der Waals surface area contributed by atoms with Crippen molar-refractivity contribution in [3.8, 4) is 0 Å². The molecule has 26 heavy (non-hydrogen) atoms. The van der Waals surface area contributed by atoms with Gasteiger partial charge < -0.3 is 20.8 Å². The van der Waals surface area contributed by atoms with Gasteiger partial charge in [-0.2, -0.15) is 0 Å². The smallest absolute Gasteiger partial charge is 0.360 e. The molecule has 0 spiro atoms. The summed E-state index contributed by atoms with van der Waals surface area (Å²) < 4.78 is 4.90. The van der Waals surface area contributed by atoms with Gasteiger partial charge in [0.1, 0.15) is 10.0 Å². The second-order valence-corrected chi connectivity index (χ2v) is 7.09. The number of amides is 1. The lowest BCUT2D eigenvalue weighted by atomic mass is 10.1. The highest BCUT2D eigenvalue weighted by atomic mass is 35.5. The Labute approximate surface area is 158 Å². The van der Waals surface area contributed by atoms with E-state index in [0.717, 1.165) is 27.9 Å². The molecule has 2 aromatic heterocycles. The van der Waals surface area contributed by atoms with Crippen LogP contribution < -0.4 is 11.1 Å². The third-order valence-electron chi connectivity index (χ3n) is 3.74. The van der Waals surface area contributed by atoms with Gasteiger partial charge in [0.2, 0.25) is 0 Å². The molecule has 0 radical (unpaired) electrons. The number of aromatic nitrogens is 2. The highest BCUT2D eigenvalue weighted by molar-refractivity contribution is 7.15. The van der Waals surface area contributed by atoms with Crippen molar-refractivity contribution in [1.29, 1.82) is 0 Å². The monoisotopic (exact) mass is 392 g/mol. The molecule has 0 aliphatic rings. The fourth-order valence-corrected chi connectivity index (χ4v) is 3.57. The molecular formula is C17H17ClN4O3S. The Morgan fingerprint density at radius 3 is 2.92 bits per heavy atom. The predicted octanol–water partition coefficient (Wildman–Crippen LogP) is 3.28. The van der Waals surface area contributed by atoms with Crippen LogP contribution in [0.3, 0.4) is 0 Å². The number of rotatable bonds is 5. The van der Waals surface area contributed by atoms with Gasteiger partial charge in [0, 0.05) is 21.6 Å². The first-order valence-electron chi connectivity index (χ1n) is 7.89. The zero-order valence-electron chi connectivity index (χ0n) is 14.2. The van der Waals surface area contributed by atoms with Gasteiger partial charge in [0.25, 0.3) is 5.91 Å². The molecule has 136 valence electrons. The Hall–Kier alpha value is -2.58. The summed E-state index contributed by atoms with van der Waals surface area (Å²) in [6.07, 6.45) is 0. The highest BCUT2D eigenvalue weighted by Gasteiger charge is 2.19. The number of ether oxygens (including phenoxy) is 1. The molecule has 2 heterocycles. The molecule has 7 nitrogen and oxygen atoms in total. The fourth-order valence-electron chi connectivity index (χ4n) is 2.63. The molecule has 4 N–H and O–H groups in total. The van der Waals surface area contributed by atoms with E-state index in [0.29, 0.717) is 15.6 Å². The van der Waals surface area contributed by atoms with E-state index in [1.165, 1.54) is 0 Å². The number of halogens is 1. The number of benzene rings is 1. The van der Waals surface area contributed by atoms with Crippen LogP contribution in [-0.2, 0) is 11.3 Å². The molecule has 0 atom stereocenters. The van der Waals surface area contributed by atoms with Crippen LogP contribution in [0.2, 0.25) is 5.02 Å². The molecular weight excluding hydrogens is 376 g/mol. The van der Waals surface area contributed by atoms with E-state index in [2.05, 4.69) is 15.3 Å². The number of anilines is 1. The lowest BCUT2D eigenvalue weighted by Crippen LogP contribution is -2.23. The van der Waals surface area contributed by atoms with Gasteiger partial charge in [-0.25, -0.2) is 9.78 Å². The number of H-pyrrole nitrogens is 1. The number of aromatic amines is 1. The van der Waals surface area contributed by atoms with Crippen LogP contribution in [0.15, 0.2) is 18.2 Å². The minimum atomic E-state index is -0.569. The third kappa shape index (κ3) is 3.51. The number of fused-ring (bicyclic) bond motifs is 1. The average Bonchev–Trinajstić information content (AvgIpc) is 3.12. The average molecular weight is 393 g/mol. The Bertz CT molecular complexity index is 995. The van der Waals surface area contributed by atoms with E-state index < -0.39 is 5.97 Å². The van der Waals surface area contributed by atoms with E-state index >= 15 is 0 Å². The van der Waals surface area contributed by atoms with Crippen molar-refractivity contribution in [2.45, 2.75) is 20.4 Å². The van der Waals surface area contributed by atoms with E-state index in [1.807, 2.05) is 13.0 Å². The lowest BCUT2D eigenvalue weighted by Gasteiger charge is -2.03. The maximum atomic E-state index is 12.6. The van der Waals surface area contributed by atoms with Gasteiger partial charge in [-0.05, 0) is 32.0 Å². The Morgan fingerprint density at radius 2 is 2.19 bits per heavy atom. The molecule has 1 amide bonds. The topological polar surface area (TPSA) is 110 Å². The van der Waals surface area contributed by atoms with Gasteiger partial charge in [-0.3, -0.25) is 4.79 Å². The minimum absolute atomic E-state index is 0.0798. The summed E-state index contributed by atoms with van der Waals surface area (Å²) in [6, 6.07) is 5.33. The van der Waals surface area contributed by atoms with Crippen LogP contribution >= 0.6 is 22.9 Å². The number of hydrogen-bond acceptors (Lipinski definition) is 6. The lowest BCUT2D eigenvalue weighted by molar-refractivity contribution is 0.0521. The number of nitrogens with two attached hydrogens (primary N) is 1. The number of carbonyl (C=O) groups excluding carboxylic acids is 2. The molecule has 0 saturated heterocycles. The van der Waals surface area contributed by atoms with E-state index in [9.17, 15) is 9.59 Å². The van der Waals surface area contributed by atoms with E-state index in [4.69, 9.17) is 22.1 Å². The summed E-state index contributed by atoms with van der Waals surface area (Å²) in [5, 5.41) is 4.89. The minimum Gasteiger partial charge on any atom is -0.461 e. The second-order valence-electron chi connectivity index (χ2n) is 5.54. The van der Waals surface area contributed by atoms with Crippen molar-refractivity contribution >= 4 is 50.7 Å². The first-order valence-corrected chi connectivity index (χ1v) is 9.08. The quantitative estimate of drug-likeness (QED) is 0.577. The molecule has 0 unspecified atom stereocenters. The van der Waals surface area contributed by atoms with E-state index in [1.54, 1.807) is 19.1 Å². The summed E-state index contributed by atoms with van der Waals surface area (Å²) in [6.45, 7) is 3.92. The van der Waals surface area contributed by atoms with Gasteiger partial charge in [0.15, 0.2) is 5.69 Å². The summed E-state index contributed by atoms with van der Waals surface area (Å²) in [5.74, 6) is -0.830. The third-order valence-corrected chi connectivity index (χ3v) is 4.86. The van der Waals surface area contributed by atoms with Gasteiger partial charge >= 0.3 is 5.97 Å².